The highest BCUT2D eigenvalue weighted by atomic mass is 32.2. The van der Waals surface area contributed by atoms with Crippen LogP contribution in [0.15, 0.2) is 23.1 Å². The molecule has 1 aromatic carbocycles. The van der Waals surface area contributed by atoms with Crippen molar-refractivity contribution in [1.29, 1.82) is 0 Å². The maximum Gasteiger partial charge on any atom is 0.243 e. The third-order valence-corrected chi connectivity index (χ3v) is 7.15. The summed E-state index contributed by atoms with van der Waals surface area (Å²) in [6.45, 7) is 0.0296. The van der Waals surface area contributed by atoms with Crippen LogP contribution in [0.5, 0.6) is 0 Å². The van der Waals surface area contributed by atoms with Crippen molar-refractivity contribution in [2.45, 2.75) is 10.9 Å². The lowest BCUT2D eigenvalue weighted by Crippen LogP contribution is -2.43. The van der Waals surface area contributed by atoms with Crippen molar-refractivity contribution in [3.63, 3.8) is 0 Å². The highest BCUT2D eigenvalue weighted by molar-refractivity contribution is 7.89. The first-order valence-electron chi connectivity index (χ1n) is 6.98. The fourth-order valence-corrected chi connectivity index (χ4v) is 4.79. The van der Waals surface area contributed by atoms with E-state index in [0.29, 0.717) is 6.07 Å². The minimum atomic E-state index is -4.28. The summed E-state index contributed by atoms with van der Waals surface area (Å²) in [4.78, 5) is -0.704. The zero-order valence-corrected chi connectivity index (χ0v) is 14.7. The second-order valence-electron chi connectivity index (χ2n) is 5.66. The molecule has 0 aromatic heterocycles. The molecule has 1 saturated heterocycles. The largest absolute Gasteiger partial charge is 0.379 e. The van der Waals surface area contributed by atoms with Gasteiger partial charge in [-0.3, -0.25) is 0 Å². The molecule has 2 unspecified atom stereocenters. The Morgan fingerprint density at radius 2 is 1.88 bits per heavy atom. The van der Waals surface area contributed by atoms with Crippen LogP contribution in [-0.2, 0) is 24.8 Å². The number of sulfonamides is 2. The van der Waals surface area contributed by atoms with Crippen LogP contribution in [0.2, 0.25) is 0 Å². The van der Waals surface area contributed by atoms with Gasteiger partial charge in [0.2, 0.25) is 20.0 Å². The number of nitrogens with one attached hydrogen (secondary N) is 1. The Kier molecular flexibility index (Phi) is 5.60. The third-order valence-electron chi connectivity index (χ3n) is 3.67. The summed E-state index contributed by atoms with van der Waals surface area (Å²) < 4.78 is 83.5. The van der Waals surface area contributed by atoms with E-state index in [1.54, 1.807) is 0 Å². The van der Waals surface area contributed by atoms with E-state index < -0.39 is 48.5 Å². The van der Waals surface area contributed by atoms with Gasteiger partial charge in [-0.05, 0) is 12.1 Å². The molecule has 1 aromatic rings. The monoisotopic (exact) mass is 384 g/mol. The van der Waals surface area contributed by atoms with Crippen molar-refractivity contribution in [2.75, 3.05) is 33.1 Å². The van der Waals surface area contributed by atoms with E-state index in [0.717, 1.165) is 16.4 Å². The number of nitrogens with zero attached hydrogens (tertiary/aromatic N) is 1. The Balaban J connectivity index is 2.19. The molecule has 0 radical (unpaired) electrons. The Hall–Kier alpha value is -1.14. The van der Waals surface area contributed by atoms with Crippen LogP contribution in [-0.4, -0.2) is 60.2 Å². The summed E-state index contributed by atoms with van der Waals surface area (Å²) in [6.07, 6.45) is 0. The SMILES string of the molecule is CN(C)S(=O)(=O)CC1COCC1NS(=O)(=O)c1ccc(F)cc1F. The molecule has 136 valence electrons. The molecule has 1 N–H and O–H groups in total. The zero-order chi connectivity index (χ0) is 18.1. The van der Waals surface area contributed by atoms with Gasteiger partial charge in [-0.2, -0.15) is 0 Å². The van der Waals surface area contributed by atoms with E-state index in [4.69, 9.17) is 4.74 Å². The van der Waals surface area contributed by atoms with Crippen molar-refractivity contribution in [3.8, 4) is 0 Å². The molecule has 1 fully saturated rings. The second-order valence-corrected chi connectivity index (χ2v) is 9.57. The lowest BCUT2D eigenvalue weighted by atomic mass is 10.1. The summed E-state index contributed by atoms with van der Waals surface area (Å²) in [5.74, 6) is -3.04. The van der Waals surface area contributed by atoms with Gasteiger partial charge in [0, 0.05) is 26.1 Å². The number of ether oxygens (including phenoxy) is 1. The average molecular weight is 384 g/mol. The van der Waals surface area contributed by atoms with Crippen LogP contribution in [0.25, 0.3) is 0 Å². The smallest absolute Gasteiger partial charge is 0.243 e. The molecular formula is C13H18F2N2O5S2. The standard InChI is InChI=1S/C13H18F2N2O5S2/c1-17(2)23(18,19)8-9-6-22-7-12(9)16-24(20,21)13-4-3-10(14)5-11(13)15/h3-5,9,12,16H,6-8H2,1-2H3. The maximum atomic E-state index is 13.7. The average Bonchev–Trinajstić information content (AvgIpc) is 2.83. The Morgan fingerprint density at radius 3 is 2.46 bits per heavy atom. The van der Waals surface area contributed by atoms with Crippen molar-refractivity contribution in [2.24, 2.45) is 5.92 Å². The van der Waals surface area contributed by atoms with Crippen LogP contribution in [0, 0.1) is 17.6 Å². The van der Waals surface area contributed by atoms with E-state index in [9.17, 15) is 25.6 Å². The first-order chi connectivity index (χ1) is 11.0. The summed E-state index contributed by atoms with van der Waals surface area (Å²) in [7, 11) is -5.09. The Bertz CT molecular complexity index is 812. The van der Waals surface area contributed by atoms with Crippen LogP contribution < -0.4 is 4.72 Å². The van der Waals surface area contributed by atoms with Gasteiger partial charge in [0.15, 0.2) is 0 Å². The molecule has 0 amide bonds. The van der Waals surface area contributed by atoms with Crippen LogP contribution >= 0.6 is 0 Å². The number of rotatable bonds is 6. The molecule has 1 heterocycles. The molecule has 7 nitrogen and oxygen atoms in total. The first-order valence-corrected chi connectivity index (χ1v) is 10.1. The minimum absolute atomic E-state index is 0.0321. The van der Waals surface area contributed by atoms with E-state index in [2.05, 4.69) is 4.72 Å². The van der Waals surface area contributed by atoms with E-state index in [1.165, 1.54) is 14.1 Å². The topological polar surface area (TPSA) is 92.8 Å². The minimum Gasteiger partial charge on any atom is -0.379 e. The molecule has 11 heteroatoms. The molecule has 0 bridgehead atoms. The van der Waals surface area contributed by atoms with Gasteiger partial charge in [-0.15, -0.1) is 0 Å². The fourth-order valence-electron chi connectivity index (χ4n) is 2.27. The van der Waals surface area contributed by atoms with E-state index in [-0.39, 0.29) is 19.0 Å². The van der Waals surface area contributed by atoms with Crippen molar-refractivity contribution in [3.05, 3.63) is 29.8 Å². The lowest BCUT2D eigenvalue weighted by Gasteiger charge is -2.21. The van der Waals surface area contributed by atoms with Gasteiger partial charge in [-0.1, -0.05) is 0 Å². The molecule has 0 spiro atoms. The van der Waals surface area contributed by atoms with Crippen LogP contribution in [0.1, 0.15) is 0 Å². The summed E-state index contributed by atoms with van der Waals surface area (Å²) in [5.41, 5.74) is 0. The van der Waals surface area contributed by atoms with Crippen molar-refractivity contribution < 1.29 is 30.4 Å². The predicted octanol–water partition coefficient (Wildman–Crippen LogP) is 0.150. The highest BCUT2D eigenvalue weighted by Crippen LogP contribution is 2.21. The molecule has 1 aliphatic rings. The molecule has 0 aliphatic carbocycles. The van der Waals surface area contributed by atoms with E-state index >= 15 is 0 Å². The third kappa shape index (κ3) is 4.28. The van der Waals surface area contributed by atoms with Gasteiger partial charge in [0.1, 0.15) is 16.5 Å². The molecule has 2 atom stereocenters. The number of halogens is 2. The summed E-state index contributed by atoms with van der Waals surface area (Å²) >= 11 is 0. The number of hydrogen-bond donors (Lipinski definition) is 1. The molecule has 0 saturated carbocycles. The molecule has 24 heavy (non-hydrogen) atoms. The second kappa shape index (κ2) is 7.00. The molecule has 1 aliphatic heterocycles. The van der Waals surface area contributed by atoms with Crippen LogP contribution in [0.4, 0.5) is 8.78 Å². The maximum absolute atomic E-state index is 13.7. The zero-order valence-electron chi connectivity index (χ0n) is 13.1. The Labute approximate surface area is 139 Å². The first kappa shape index (κ1) is 19.2. The quantitative estimate of drug-likeness (QED) is 0.754. The normalized spacial score (nSPS) is 22.2. The van der Waals surface area contributed by atoms with Crippen molar-refractivity contribution in [1.82, 2.24) is 9.03 Å². The van der Waals surface area contributed by atoms with Gasteiger partial charge in [-0.25, -0.2) is 34.6 Å². The van der Waals surface area contributed by atoms with Gasteiger partial charge >= 0.3 is 0 Å². The Morgan fingerprint density at radius 1 is 1.21 bits per heavy atom. The van der Waals surface area contributed by atoms with E-state index in [1.807, 2.05) is 0 Å². The fraction of sp³-hybridized carbons (Fsp3) is 0.538. The molecule has 2 rings (SSSR count). The lowest BCUT2D eigenvalue weighted by molar-refractivity contribution is 0.185. The van der Waals surface area contributed by atoms with Gasteiger partial charge < -0.3 is 4.74 Å². The van der Waals surface area contributed by atoms with Crippen LogP contribution in [0.3, 0.4) is 0 Å². The number of benzene rings is 1. The van der Waals surface area contributed by atoms with Gasteiger partial charge in [0.25, 0.3) is 0 Å². The number of hydrogen-bond acceptors (Lipinski definition) is 5. The van der Waals surface area contributed by atoms with Gasteiger partial charge in [0.05, 0.1) is 25.0 Å². The molecular weight excluding hydrogens is 366 g/mol. The summed E-state index contributed by atoms with van der Waals surface area (Å²) in [5, 5.41) is 0. The highest BCUT2D eigenvalue weighted by Gasteiger charge is 2.36. The van der Waals surface area contributed by atoms with Crippen molar-refractivity contribution >= 4 is 20.0 Å². The summed E-state index contributed by atoms with van der Waals surface area (Å²) in [6, 6.07) is 1.29. The predicted molar refractivity (Wildman–Crippen MR) is 82.3 cm³/mol.